The van der Waals surface area contributed by atoms with Gasteiger partial charge in [-0.3, -0.25) is 0 Å². The van der Waals surface area contributed by atoms with Crippen molar-refractivity contribution in [1.82, 2.24) is 0 Å². The molecule has 2 N–H and O–H groups in total. The van der Waals surface area contributed by atoms with E-state index in [4.69, 9.17) is 17.3 Å². The smallest absolute Gasteiger partial charge is 0.127 e. The topological polar surface area (TPSA) is 26.0 Å². The number of benzene rings is 2. The minimum absolute atomic E-state index is 0.288. The quantitative estimate of drug-likeness (QED) is 0.887. The zero-order chi connectivity index (χ0) is 14.8. The summed E-state index contributed by atoms with van der Waals surface area (Å²) in [6.07, 6.45) is 0.856. The molecule has 20 heavy (non-hydrogen) atoms. The van der Waals surface area contributed by atoms with Crippen LogP contribution in [0.25, 0.3) is 0 Å². The van der Waals surface area contributed by atoms with Crippen molar-refractivity contribution in [1.29, 1.82) is 0 Å². The van der Waals surface area contributed by atoms with Gasteiger partial charge in [0.15, 0.2) is 0 Å². The molecule has 0 aliphatic carbocycles. The van der Waals surface area contributed by atoms with Gasteiger partial charge in [-0.2, -0.15) is 0 Å². The number of rotatable bonds is 4. The van der Waals surface area contributed by atoms with Crippen LogP contribution in [0.1, 0.15) is 24.5 Å². The van der Waals surface area contributed by atoms with Gasteiger partial charge in [0.1, 0.15) is 11.6 Å². The summed E-state index contributed by atoms with van der Waals surface area (Å²) in [7, 11) is 0. The van der Waals surface area contributed by atoms with E-state index in [0.29, 0.717) is 22.6 Å². The molecule has 0 radical (unpaired) electrons. The first-order valence-corrected chi connectivity index (χ1v) is 6.81. The van der Waals surface area contributed by atoms with Crippen molar-refractivity contribution in [3.05, 3.63) is 70.2 Å². The molecule has 1 atom stereocenters. The first kappa shape index (κ1) is 14.9. The molecule has 106 valence electrons. The Hall–Kier alpha value is -1.45. The van der Waals surface area contributed by atoms with Crippen LogP contribution in [-0.4, -0.2) is 0 Å². The van der Waals surface area contributed by atoms with E-state index >= 15 is 0 Å². The van der Waals surface area contributed by atoms with Crippen LogP contribution < -0.4 is 5.73 Å². The van der Waals surface area contributed by atoms with Gasteiger partial charge >= 0.3 is 0 Å². The Morgan fingerprint density at radius 2 is 1.90 bits per heavy atom. The SMILES string of the molecule is CCC(N)(Cc1ccc(Cl)cc1F)c1cccc(F)c1. The van der Waals surface area contributed by atoms with Crippen molar-refractivity contribution in [3.63, 3.8) is 0 Å². The third-order valence-electron chi connectivity index (χ3n) is 3.55. The third kappa shape index (κ3) is 3.17. The second kappa shape index (κ2) is 5.90. The summed E-state index contributed by atoms with van der Waals surface area (Å²) in [5.74, 6) is -0.737. The highest BCUT2D eigenvalue weighted by molar-refractivity contribution is 6.30. The number of nitrogens with two attached hydrogens (primary N) is 1. The van der Waals surface area contributed by atoms with E-state index in [9.17, 15) is 8.78 Å². The van der Waals surface area contributed by atoms with Gasteiger partial charge in [0.2, 0.25) is 0 Å². The summed E-state index contributed by atoms with van der Waals surface area (Å²) in [6, 6.07) is 10.6. The molecular weight excluding hydrogens is 280 g/mol. The average Bonchev–Trinajstić information content (AvgIpc) is 2.42. The maximum absolute atomic E-state index is 13.9. The molecule has 0 aromatic heterocycles. The van der Waals surface area contributed by atoms with E-state index in [2.05, 4.69) is 0 Å². The van der Waals surface area contributed by atoms with Gasteiger partial charge in [-0.15, -0.1) is 0 Å². The molecule has 0 spiro atoms. The molecule has 0 heterocycles. The van der Waals surface area contributed by atoms with E-state index in [1.807, 2.05) is 6.92 Å². The monoisotopic (exact) mass is 295 g/mol. The van der Waals surface area contributed by atoms with Gasteiger partial charge in [-0.1, -0.05) is 36.7 Å². The van der Waals surface area contributed by atoms with Gasteiger partial charge in [-0.05, 0) is 48.2 Å². The molecule has 4 heteroatoms. The Morgan fingerprint density at radius 1 is 1.15 bits per heavy atom. The van der Waals surface area contributed by atoms with Gasteiger partial charge in [-0.25, -0.2) is 8.78 Å². The molecule has 0 aliphatic heterocycles. The average molecular weight is 296 g/mol. The molecule has 2 rings (SSSR count). The van der Waals surface area contributed by atoms with E-state index < -0.39 is 11.4 Å². The van der Waals surface area contributed by atoms with Crippen LogP contribution in [-0.2, 0) is 12.0 Å². The fourth-order valence-corrected chi connectivity index (χ4v) is 2.39. The van der Waals surface area contributed by atoms with Gasteiger partial charge in [0.25, 0.3) is 0 Å². The largest absolute Gasteiger partial charge is 0.321 e. The summed E-state index contributed by atoms with van der Waals surface area (Å²) >= 11 is 5.74. The lowest BCUT2D eigenvalue weighted by atomic mass is 9.82. The molecule has 0 bridgehead atoms. The zero-order valence-electron chi connectivity index (χ0n) is 11.2. The predicted octanol–water partition coefficient (Wildman–Crippen LogP) is 4.42. The van der Waals surface area contributed by atoms with E-state index in [1.165, 1.54) is 18.2 Å². The van der Waals surface area contributed by atoms with Gasteiger partial charge in [0.05, 0.1) is 0 Å². The maximum atomic E-state index is 13.9. The van der Waals surface area contributed by atoms with Crippen LogP contribution in [0.5, 0.6) is 0 Å². The number of halogens is 3. The van der Waals surface area contributed by atoms with E-state index in [1.54, 1.807) is 24.3 Å². The van der Waals surface area contributed by atoms with Crippen LogP contribution in [0.4, 0.5) is 8.78 Å². The van der Waals surface area contributed by atoms with E-state index in [0.717, 1.165) is 0 Å². The minimum Gasteiger partial charge on any atom is -0.321 e. The fourth-order valence-electron chi connectivity index (χ4n) is 2.23. The standard InChI is InChI=1S/C16H16ClF2N/c1-2-16(20,12-4-3-5-14(18)8-12)10-11-6-7-13(17)9-15(11)19/h3-9H,2,10,20H2,1H3. The lowest BCUT2D eigenvalue weighted by Gasteiger charge is -2.29. The molecule has 1 unspecified atom stereocenters. The number of hydrogen-bond acceptors (Lipinski definition) is 1. The van der Waals surface area contributed by atoms with Crippen LogP contribution in [0.3, 0.4) is 0 Å². The van der Waals surface area contributed by atoms with Gasteiger partial charge < -0.3 is 5.73 Å². The Morgan fingerprint density at radius 3 is 2.50 bits per heavy atom. The summed E-state index contributed by atoms with van der Waals surface area (Å²) in [6.45, 7) is 1.90. The lowest BCUT2D eigenvalue weighted by Crippen LogP contribution is -2.38. The predicted molar refractivity (Wildman–Crippen MR) is 77.7 cm³/mol. The normalized spacial score (nSPS) is 14.1. The highest BCUT2D eigenvalue weighted by Gasteiger charge is 2.27. The molecule has 0 saturated carbocycles. The molecule has 0 amide bonds. The maximum Gasteiger partial charge on any atom is 0.127 e. The lowest BCUT2D eigenvalue weighted by molar-refractivity contribution is 0.413. The minimum atomic E-state index is -0.809. The van der Waals surface area contributed by atoms with Crippen molar-refractivity contribution in [2.75, 3.05) is 0 Å². The summed E-state index contributed by atoms with van der Waals surface area (Å²) in [5, 5.41) is 0.344. The highest BCUT2D eigenvalue weighted by atomic mass is 35.5. The first-order chi connectivity index (χ1) is 9.44. The first-order valence-electron chi connectivity index (χ1n) is 6.43. The second-order valence-electron chi connectivity index (χ2n) is 4.93. The van der Waals surface area contributed by atoms with Crippen molar-refractivity contribution in [3.8, 4) is 0 Å². The second-order valence-corrected chi connectivity index (χ2v) is 5.37. The highest BCUT2D eigenvalue weighted by Crippen LogP contribution is 2.29. The Kier molecular flexibility index (Phi) is 4.41. The molecule has 1 nitrogen and oxygen atoms in total. The van der Waals surface area contributed by atoms with Crippen LogP contribution in [0.15, 0.2) is 42.5 Å². The van der Waals surface area contributed by atoms with Crippen molar-refractivity contribution < 1.29 is 8.78 Å². The molecular formula is C16H16ClF2N. The molecule has 0 fully saturated rings. The van der Waals surface area contributed by atoms with Crippen molar-refractivity contribution >= 4 is 11.6 Å². The Bertz CT molecular complexity index is 615. The van der Waals surface area contributed by atoms with Crippen molar-refractivity contribution in [2.45, 2.75) is 25.3 Å². The Balaban J connectivity index is 2.36. The summed E-state index contributed by atoms with van der Waals surface area (Å²) < 4.78 is 27.3. The summed E-state index contributed by atoms with van der Waals surface area (Å²) in [4.78, 5) is 0. The molecule has 0 aliphatic rings. The Labute approximate surface area is 122 Å². The van der Waals surface area contributed by atoms with E-state index in [-0.39, 0.29) is 12.2 Å². The summed E-state index contributed by atoms with van der Waals surface area (Å²) in [5.41, 5.74) is 6.69. The van der Waals surface area contributed by atoms with Crippen LogP contribution >= 0.6 is 11.6 Å². The molecule has 2 aromatic rings. The molecule has 2 aromatic carbocycles. The van der Waals surface area contributed by atoms with Crippen LogP contribution in [0.2, 0.25) is 5.02 Å². The van der Waals surface area contributed by atoms with Crippen molar-refractivity contribution in [2.24, 2.45) is 5.73 Å². The van der Waals surface area contributed by atoms with Crippen LogP contribution in [0, 0.1) is 11.6 Å². The fraction of sp³-hybridized carbons (Fsp3) is 0.250. The third-order valence-corrected chi connectivity index (χ3v) is 3.79. The zero-order valence-corrected chi connectivity index (χ0v) is 11.9. The number of hydrogen-bond donors (Lipinski definition) is 1. The molecule has 0 saturated heterocycles. The van der Waals surface area contributed by atoms with Gasteiger partial charge in [0, 0.05) is 10.6 Å².